The molecule has 1 heterocycles. The van der Waals surface area contributed by atoms with Crippen molar-refractivity contribution in [3.05, 3.63) is 45.5 Å². The molecule has 124 valence electrons. The lowest BCUT2D eigenvalue weighted by atomic mass is 9.83. The maximum Gasteiger partial charge on any atom is 0.270 e. The summed E-state index contributed by atoms with van der Waals surface area (Å²) >= 11 is 0. The summed E-state index contributed by atoms with van der Waals surface area (Å²) in [5, 5.41) is 11.0. The van der Waals surface area contributed by atoms with E-state index >= 15 is 0 Å². The number of rotatable bonds is 3. The Kier molecular flexibility index (Phi) is 5.19. The summed E-state index contributed by atoms with van der Waals surface area (Å²) in [4.78, 5) is 24.7. The van der Waals surface area contributed by atoms with E-state index in [1.54, 1.807) is 24.3 Å². The molecule has 1 fully saturated rings. The minimum atomic E-state index is -0.407. The van der Waals surface area contributed by atoms with Gasteiger partial charge in [-0.15, -0.1) is 0 Å². The van der Waals surface area contributed by atoms with Crippen LogP contribution in [0, 0.1) is 10.1 Å². The van der Waals surface area contributed by atoms with Crippen molar-refractivity contribution in [2.45, 2.75) is 45.4 Å². The van der Waals surface area contributed by atoms with Crippen molar-refractivity contribution in [3.63, 3.8) is 0 Å². The summed E-state index contributed by atoms with van der Waals surface area (Å²) < 4.78 is 0. The molecule has 1 amide bonds. The molecule has 0 bridgehead atoms. The molecule has 0 atom stereocenters. The number of carbonyl (C=O) groups is 1. The Balaban J connectivity index is 2.28. The molecule has 0 unspecified atom stereocenters. The van der Waals surface area contributed by atoms with Crippen LogP contribution in [0.15, 0.2) is 24.3 Å². The fourth-order valence-electron chi connectivity index (χ4n) is 2.87. The second kappa shape index (κ2) is 6.94. The zero-order valence-corrected chi connectivity index (χ0v) is 14.0. The lowest BCUT2D eigenvalue weighted by Crippen LogP contribution is -2.34. The average Bonchev–Trinajstić information content (AvgIpc) is 2.52. The molecule has 0 radical (unpaired) electrons. The van der Waals surface area contributed by atoms with Crippen LogP contribution >= 0.6 is 0 Å². The smallest absolute Gasteiger partial charge is 0.270 e. The van der Waals surface area contributed by atoms with Gasteiger partial charge < -0.3 is 4.90 Å². The third-order valence-electron chi connectivity index (χ3n) is 4.13. The number of nitrogens with zero attached hydrogens (tertiary/aromatic N) is 2. The van der Waals surface area contributed by atoms with Crippen molar-refractivity contribution in [1.29, 1.82) is 0 Å². The van der Waals surface area contributed by atoms with E-state index in [9.17, 15) is 14.9 Å². The maximum absolute atomic E-state index is 12.3. The van der Waals surface area contributed by atoms with Gasteiger partial charge in [-0.05, 0) is 41.9 Å². The van der Waals surface area contributed by atoms with E-state index in [1.165, 1.54) is 12.5 Å². The van der Waals surface area contributed by atoms with E-state index in [4.69, 9.17) is 0 Å². The molecule has 23 heavy (non-hydrogen) atoms. The normalized spacial score (nSPS) is 15.9. The first-order chi connectivity index (χ1) is 10.8. The van der Waals surface area contributed by atoms with Gasteiger partial charge in [-0.25, -0.2) is 0 Å². The largest absolute Gasteiger partial charge is 0.339 e. The Bertz CT molecular complexity index is 624. The number of likely N-dealkylation sites (tertiary alicyclic amines) is 1. The highest BCUT2D eigenvalue weighted by Crippen LogP contribution is 2.29. The molecule has 1 aromatic rings. The summed E-state index contributed by atoms with van der Waals surface area (Å²) in [7, 11) is 0. The van der Waals surface area contributed by atoms with Crippen molar-refractivity contribution in [2.24, 2.45) is 0 Å². The lowest BCUT2D eigenvalue weighted by molar-refractivity contribution is -0.384. The number of benzene rings is 1. The number of hydrogen-bond acceptors (Lipinski definition) is 3. The number of nitro benzene ring substituents is 1. The van der Waals surface area contributed by atoms with Crippen molar-refractivity contribution < 1.29 is 9.72 Å². The number of nitro groups is 1. The van der Waals surface area contributed by atoms with Crippen LogP contribution in [0.3, 0.4) is 0 Å². The molecule has 1 aromatic carbocycles. The number of non-ortho nitro benzene ring substituents is 1. The molecule has 0 aromatic heterocycles. The number of carbonyl (C=O) groups excluding carboxylic acids is 1. The molecule has 2 rings (SSSR count). The molecule has 1 saturated heterocycles. The predicted molar refractivity (Wildman–Crippen MR) is 91.3 cm³/mol. The van der Waals surface area contributed by atoms with Gasteiger partial charge in [-0.1, -0.05) is 26.8 Å². The fourth-order valence-corrected chi connectivity index (χ4v) is 2.87. The topological polar surface area (TPSA) is 63.5 Å². The molecule has 0 N–H and O–H groups in total. The maximum atomic E-state index is 12.3. The van der Waals surface area contributed by atoms with E-state index < -0.39 is 4.92 Å². The zero-order valence-electron chi connectivity index (χ0n) is 14.0. The third kappa shape index (κ3) is 4.41. The van der Waals surface area contributed by atoms with Crippen LogP contribution < -0.4 is 0 Å². The summed E-state index contributed by atoms with van der Waals surface area (Å²) in [6, 6.07) is 4.84. The fraction of sp³-hybridized carbons (Fsp3) is 0.500. The van der Waals surface area contributed by atoms with Gasteiger partial charge in [0.15, 0.2) is 0 Å². The lowest BCUT2D eigenvalue weighted by Gasteiger charge is -2.25. The number of hydrogen-bond donors (Lipinski definition) is 0. The van der Waals surface area contributed by atoms with Gasteiger partial charge in [0.05, 0.1) is 4.92 Å². The Labute approximate surface area is 137 Å². The molecule has 5 heteroatoms. The summed E-state index contributed by atoms with van der Waals surface area (Å²) in [6.45, 7) is 7.75. The molecule has 0 spiro atoms. The van der Waals surface area contributed by atoms with Crippen LogP contribution in [0.5, 0.6) is 0 Å². The summed E-state index contributed by atoms with van der Waals surface area (Å²) in [6.07, 6.45) is 6.52. The van der Waals surface area contributed by atoms with Crippen LogP contribution in [0.2, 0.25) is 0 Å². The van der Waals surface area contributed by atoms with Crippen molar-refractivity contribution in [2.75, 3.05) is 13.1 Å². The highest BCUT2D eigenvalue weighted by molar-refractivity contribution is 5.92. The molecular formula is C18H24N2O3. The summed E-state index contributed by atoms with van der Waals surface area (Å²) in [5.74, 6) is -0.0175. The molecule has 0 aliphatic carbocycles. The van der Waals surface area contributed by atoms with Crippen molar-refractivity contribution in [1.82, 2.24) is 4.90 Å². The second-order valence-electron chi connectivity index (χ2n) is 7.00. The van der Waals surface area contributed by atoms with Crippen LogP contribution in [0.1, 0.15) is 51.2 Å². The van der Waals surface area contributed by atoms with Crippen molar-refractivity contribution >= 4 is 17.7 Å². The molecule has 5 nitrogen and oxygen atoms in total. The van der Waals surface area contributed by atoms with Gasteiger partial charge in [0.2, 0.25) is 5.91 Å². The highest BCUT2D eigenvalue weighted by Gasteiger charge is 2.20. The van der Waals surface area contributed by atoms with Gasteiger partial charge in [0, 0.05) is 31.3 Å². The molecule has 0 saturated carbocycles. The van der Waals surface area contributed by atoms with Crippen molar-refractivity contribution in [3.8, 4) is 0 Å². The Morgan fingerprint density at radius 1 is 1.22 bits per heavy atom. The van der Waals surface area contributed by atoms with Crippen LogP contribution in [-0.2, 0) is 10.2 Å². The molecule has 1 aliphatic heterocycles. The first-order valence-corrected chi connectivity index (χ1v) is 8.05. The minimum Gasteiger partial charge on any atom is -0.339 e. The van der Waals surface area contributed by atoms with Crippen LogP contribution in [0.4, 0.5) is 5.69 Å². The van der Waals surface area contributed by atoms with Crippen LogP contribution in [-0.4, -0.2) is 28.8 Å². The highest BCUT2D eigenvalue weighted by atomic mass is 16.6. The van der Waals surface area contributed by atoms with Gasteiger partial charge in [0.1, 0.15) is 0 Å². The number of amides is 1. The average molecular weight is 316 g/mol. The van der Waals surface area contributed by atoms with E-state index in [-0.39, 0.29) is 17.0 Å². The van der Waals surface area contributed by atoms with Gasteiger partial charge in [-0.3, -0.25) is 14.9 Å². The van der Waals surface area contributed by atoms with Crippen LogP contribution in [0.25, 0.3) is 6.08 Å². The second-order valence-corrected chi connectivity index (χ2v) is 7.00. The summed E-state index contributed by atoms with van der Waals surface area (Å²) in [5.41, 5.74) is 1.62. The SMILES string of the molecule is CC(C)(C)c1ccc([N+](=O)[O-])cc1/C=C/C(=O)N1CCCCC1. The number of piperidine rings is 1. The quantitative estimate of drug-likeness (QED) is 0.482. The van der Waals surface area contributed by atoms with E-state index in [0.717, 1.165) is 37.1 Å². The van der Waals surface area contributed by atoms with E-state index in [2.05, 4.69) is 20.8 Å². The predicted octanol–water partition coefficient (Wildman–Crippen LogP) is 3.92. The first kappa shape index (κ1) is 17.2. The van der Waals surface area contributed by atoms with Gasteiger partial charge >= 0.3 is 0 Å². The van der Waals surface area contributed by atoms with E-state index in [0.29, 0.717) is 0 Å². The minimum absolute atomic E-state index is 0.0175. The molecule has 1 aliphatic rings. The molecular weight excluding hydrogens is 292 g/mol. The Morgan fingerprint density at radius 2 is 1.87 bits per heavy atom. The standard InChI is InChI=1S/C18H24N2O3/c1-18(2,3)16-9-8-15(20(22)23)13-14(16)7-10-17(21)19-11-5-4-6-12-19/h7-10,13H,4-6,11-12H2,1-3H3/b10-7+. The Hall–Kier alpha value is -2.17. The van der Waals surface area contributed by atoms with Gasteiger partial charge in [-0.2, -0.15) is 0 Å². The third-order valence-corrected chi connectivity index (χ3v) is 4.13. The van der Waals surface area contributed by atoms with E-state index in [1.807, 2.05) is 4.90 Å². The van der Waals surface area contributed by atoms with Gasteiger partial charge in [0.25, 0.3) is 5.69 Å². The Morgan fingerprint density at radius 3 is 2.43 bits per heavy atom. The zero-order chi connectivity index (χ0) is 17.0. The monoisotopic (exact) mass is 316 g/mol. The first-order valence-electron chi connectivity index (χ1n) is 8.05.